The van der Waals surface area contributed by atoms with Crippen molar-refractivity contribution in [3.63, 3.8) is 0 Å². The maximum absolute atomic E-state index is 12.5. The van der Waals surface area contributed by atoms with E-state index in [1.54, 1.807) is 0 Å². The number of carbonyl (C=O) groups is 1. The number of hydrogen-bond donors (Lipinski definition) is 1. The van der Waals surface area contributed by atoms with Gasteiger partial charge in [0.1, 0.15) is 12.4 Å². The molecule has 0 radical (unpaired) electrons. The van der Waals surface area contributed by atoms with Crippen LogP contribution in [0.15, 0.2) is 53.0 Å². The van der Waals surface area contributed by atoms with Crippen molar-refractivity contribution in [3.05, 3.63) is 64.1 Å². The van der Waals surface area contributed by atoms with Crippen LogP contribution in [0.2, 0.25) is 0 Å². The first-order valence-corrected chi connectivity index (χ1v) is 8.72. The predicted molar refractivity (Wildman–Crippen MR) is 92.5 cm³/mol. The molecule has 5 rings (SSSR count). The summed E-state index contributed by atoms with van der Waals surface area (Å²) >= 11 is 3.47. The van der Waals surface area contributed by atoms with E-state index >= 15 is 0 Å². The van der Waals surface area contributed by atoms with E-state index in [1.165, 1.54) is 0 Å². The topological polar surface area (TPSA) is 38.3 Å². The zero-order valence-corrected chi connectivity index (χ0v) is 14.3. The Morgan fingerprint density at radius 2 is 1.91 bits per heavy atom. The molecule has 0 spiro atoms. The van der Waals surface area contributed by atoms with Gasteiger partial charge in [-0.1, -0.05) is 30.3 Å². The third kappa shape index (κ3) is 2.88. The minimum atomic E-state index is -0.0137. The van der Waals surface area contributed by atoms with Crippen molar-refractivity contribution in [1.82, 2.24) is 5.32 Å². The molecule has 0 saturated heterocycles. The van der Waals surface area contributed by atoms with Gasteiger partial charge in [-0.2, -0.15) is 0 Å². The molecule has 2 bridgehead atoms. The van der Waals surface area contributed by atoms with Gasteiger partial charge in [0.05, 0.1) is 5.56 Å². The third-order valence-electron chi connectivity index (χ3n) is 4.85. The summed E-state index contributed by atoms with van der Waals surface area (Å²) in [6, 6.07) is 15.6. The molecule has 3 aliphatic rings. The summed E-state index contributed by atoms with van der Waals surface area (Å²) < 4.78 is 6.62. The first-order chi connectivity index (χ1) is 11.1. The van der Waals surface area contributed by atoms with E-state index in [2.05, 4.69) is 21.2 Å². The number of hydrogen-bond acceptors (Lipinski definition) is 2. The van der Waals surface area contributed by atoms with Gasteiger partial charge in [-0.25, -0.2) is 0 Å². The maximum atomic E-state index is 12.5. The Morgan fingerprint density at radius 1 is 1.17 bits per heavy atom. The molecule has 3 fully saturated rings. The largest absolute Gasteiger partial charge is 0.489 e. The van der Waals surface area contributed by atoms with Crippen molar-refractivity contribution in [1.29, 1.82) is 0 Å². The fraction of sp³-hybridized carbons (Fsp3) is 0.316. The lowest BCUT2D eigenvalue weighted by molar-refractivity contribution is -0.0438. The number of carbonyl (C=O) groups excluding carboxylic acids is 1. The van der Waals surface area contributed by atoms with Gasteiger partial charge >= 0.3 is 0 Å². The van der Waals surface area contributed by atoms with Gasteiger partial charge in [-0.15, -0.1) is 0 Å². The van der Waals surface area contributed by atoms with Crippen LogP contribution < -0.4 is 10.1 Å². The lowest BCUT2D eigenvalue weighted by Gasteiger charge is -2.61. The van der Waals surface area contributed by atoms with Gasteiger partial charge in [0.25, 0.3) is 5.91 Å². The molecular weight excluding hydrogens is 354 g/mol. The van der Waals surface area contributed by atoms with Crippen molar-refractivity contribution in [2.24, 2.45) is 5.92 Å². The molecule has 1 N–H and O–H groups in total. The molecule has 4 heteroatoms. The summed E-state index contributed by atoms with van der Waals surface area (Å²) in [5.41, 5.74) is 1.83. The zero-order valence-electron chi connectivity index (χ0n) is 12.7. The highest BCUT2D eigenvalue weighted by Gasteiger charge is 2.57. The highest BCUT2D eigenvalue weighted by molar-refractivity contribution is 9.10. The molecule has 23 heavy (non-hydrogen) atoms. The fourth-order valence-corrected chi connectivity index (χ4v) is 3.88. The normalized spacial score (nSPS) is 24.3. The molecule has 0 aliphatic heterocycles. The van der Waals surface area contributed by atoms with Crippen molar-refractivity contribution in [2.75, 3.05) is 0 Å². The summed E-state index contributed by atoms with van der Waals surface area (Å²) in [4.78, 5) is 12.5. The second-order valence-corrected chi connectivity index (χ2v) is 7.48. The Morgan fingerprint density at radius 3 is 2.57 bits per heavy atom. The first-order valence-electron chi connectivity index (χ1n) is 7.92. The van der Waals surface area contributed by atoms with Crippen molar-refractivity contribution >= 4 is 21.8 Å². The van der Waals surface area contributed by atoms with Gasteiger partial charge in [0.2, 0.25) is 0 Å². The van der Waals surface area contributed by atoms with Crippen molar-refractivity contribution in [2.45, 2.75) is 31.4 Å². The predicted octanol–water partition coefficient (Wildman–Crippen LogP) is 4.31. The highest BCUT2D eigenvalue weighted by Crippen LogP contribution is 2.57. The fourth-order valence-electron chi connectivity index (χ4n) is 3.45. The van der Waals surface area contributed by atoms with E-state index in [-0.39, 0.29) is 11.4 Å². The minimum absolute atomic E-state index is 0.0137. The Bertz CT molecular complexity index is 727. The number of benzene rings is 2. The van der Waals surface area contributed by atoms with E-state index in [0.717, 1.165) is 35.2 Å². The zero-order chi connectivity index (χ0) is 15.9. The Labute approximate surface area is 144 Å². The van der Waals surface area contributed by atoms with Crippen LogP contribution in [0.3, 0.4) is 0 Å². The Balaban J connectivity index is 1.45. The van der Waals surface area contributed by atoms with Crippen molar-refractivity contribution in [3.8, 4) is 5.75 Å². The molecule has 3 aliphatic carbocycles. The van der Waals surface area contributed by atoms with Gasteiger partial charge < -0.3 is 10.1 Å². The molecule has 2 aromatic rings. The second-order valence-electron chi connectivity index (χ2n) is 6.63. The van der Waals surface area contributed by atoms with E-state index < -0.39 is 0 Å². The van der Waals surface area contributed by atoms with Crippen molar-refractivity contribution < 1.29 is 9.53 Å². The molecule has 0 atom stereocenters. The summed E-state index contributed by atoms with van der Waals surface area (Å²) in [5.74, 6) is 1.54. The number of nitrogens with one attached hydrogen (secondary N) is 1. The number of ether oxygens (including phenoxy) is 1. The van der Waals surface area contributed by atoms with Crippen LogP contribution in [0.1, 0.15) is 35.2 Å². The van der Waals surface area contributed by atoms with E-state index in [1.807, 2.05) is 48.5 Å². The van der Waals surface area contributed by atoms with Crippen LogP contribution in [0.25, 0.3) is 0 Å². The molecule has 118 valence electrons. The number of amides is 1. The quantitative estimate of drug-likeness (QED) is 0.850. The third-order valence-corrected chi connectivity index (χ3v) is 5.54. The maximum Gasteiger partial charge on any atom is 0.252 e. The molecule has 0 unspecified atom stereocenters. The van der Waals surface area contributed by atoms with Gasteiger partial charge in [0.15, 0.2) is 0 Å². The van der Waals surface area contributed by atoms with E-state index in [9.17, 15) is 4.79 Å². The highest BCUT2D eigenvalue weighted by atomic mass is 79.9. The SMILES string of the molecule is O=C(NC12CC(C1)C2)c1cc(OCc2ccccc2)ccc1Br. The first kappa shape index (κ1) is 14.8. The number of rotatable bonds is 5. The molecule has 0 heterocycles. The van der Waals surface area contributed by atoms with Crippen LogP contribution >= 0.6 is 15.9 Å². The summed E-state index contributed by atoms with van der Waals surface area (Å²) in [5, 5.41) is 3.19. The molecule has 0 aromatic heterocycles. The van der Waals surface area contributed by atoms with Gasteiger partial charge in [-0.05, 0) is 64.9 Å². The summed E-state index contributed by atoms with van der Waals surface area (Å²) in [6.45, 7) is 0.495. The van der Waals surface area contributed by atoms with Crippen LogP contribution in [0.5, 0.6) is 5.75 Å². The summed E-state index contributed by atoms with van der Waals surface area (Å²) in [6.07, 6.45) is 3.42. The molecule has 1 amide bonds. The monoisotopic (exact) mass is 371 g/mol. The number of halogens is 1. The smallest absolute Gasteiger partial charge is 0.252 e. The average molecular weight is 372 g/mol. The van der Waals surface area contributed by atoms with E-state index in [0.29, 0.717) is 17.9 Å². The lowest BCUT2D eigenvalue weighted by Crippen LogP contribution is -2.68. The van der Waals surface area contributed by atoms with Gasteiger partial charge in [0, 0.05) is 10.0 Å². The summed E-state index contributed by atoms with van der Waals surface area (Å²) in [7, 11) is 0. The second kappa shape index (κ2) is 5.68. The lowest BCUT2D eigenvalue weighted by atomic mass is 9.50. The van der Waals surface area contributed by atoms with Gasteiger partial charge in [-0.3, -0.25) is 4.79 Å². The van der Waals surface area contributed by atoms with Crippen LogP contribution in [-0.4, -0.2) is 11.4 Å². The standard InChI is InChI=1S/C19H18BrNO2/c20-17-7-6-15(23-12-13-4-2-1-3-5-13)8-16(17)18(22)21-19-9-14(10-19)11-19/h1-8,14H,9-12H2,(H,21,22). The molecular formula is C19H18BrNO2. The Kier molecular flexibility index (Phi) is 3.64. The average Bonchev–Trinajstić information content (AvgIpc) is 2.49. The van der Waals surface area contributed by atoms with Crippen LogP contribution in [-0.2, 0) is 6.61 Å². The molecule has 3 saturated carbocycles. The van der Waals surface area contributed by atoms with Crippen LogP contribution in [0.4, 0.5) is 0 Å². The minimum Gasteiger partial charge on any atom is -0.489 e. The van der Waals surface area contributed by atoms with Crippen LogP contribution in [0, 0.1) is 5.92 Å². The molecule has 2 aromatic carbocycles. The van der Waals surface area contributed by atoms with E-state index in [4.69, 9.17) is 4.74 Å². The Hall–Kier alpha value is -1.81. The molecule has 3 nitrogen and oxygen atoms in total.